The maximum absolute atomic E-state index is 12.2. The first-order valence-corrected chi connectivity index (χ1v) is 11.4. The zero-order chi connectivity index (χ0) is 22.3. The first-order chi connectivity index (χ1) is 15.6. The highest BCUT2D eigenvalue weighted by Crippen LogP contribution is 2.27. The number of benzene rings is 2. The number of aryl methyl sites for hydroxylation is 1. The van der Waals surface area contributed by atoms with Gasteiger partial charge < -0.3 is 13.9 Å². The number of oxazole rings is 1. The number of nitrogens with zero attached hydrogens (tertiary/aromatic N) is 1. The number of esters is 1. The lowest BCUT2D eigenvalue weighted by Gasteiger charge is -2.13. The summed E-state index contributed by atoms with van der Waals surface area (Å²) in [4.78, 5) is 17.9. The summed E-state index contributed by atoms with van der Waals surface area (Å²) in [5.41, 5.74) is 2.92. The van der Waals surface area contributed by atoms with Crippen LogP contribution in [0.15, 0.2) is 76.5 Å². The fraction of sp³-hybridized carbons (Fsp3) is 0.231. The Hall–Kier alpha value is -3.38. The van der Waals surface area contributed by atoms with Crippen molar-refractivity contribution >= 4 is 17.3 Å². The molecule has 1 unspecified atom stereocenters. The molecule has 0 bridgehead atoms. The van der Waals surface area contributed by atoms with E-state index in [-0.39, 0.29) is 11.9 Å². The van der Waals surface area contributed by atoms with Crippen LogP contribution in [-0.4, -0.2) is 24.7 Å². The monoisotopic (exact) mass is 447 g/mol. The minimum absolute atomic E-state index is 0.217. The van der Waals surface area contributed by atoms with E-state index in [1.165, 1.54) is 7.11 Å². The van der Waals surface area contributed by atoms with Gasteiger partial charge in [-0.05, 0) is 54.6 Å². The van der Waals surface area contributed by atoms with E-state index in [1.807, 2.05) is 79.0 Å². The number of carbonyl (C=O) groups excluding carboxylic acids is 1. The number of hydrogen-bond acceptors (Lipinski definition) is 6. The summed E-state index contributed by atoms with van der Waals surface area (Å²) in [6.45, 7) is 2.43. The van der Waals surface area contributed by atoms with Crippen LogP contribution in [-0.2, 0) is 22.4 Å². The Bertz CT molecular complexity index is 1130. The third kappa shape index (κ3) is 5.26. The molecule has 0 aliphatic heterocycles. The van der Waals surface area contributed by atoms with Gasteiger partial charge in [0.2, 0.25) is 5.89 Å². The maximum atomic E-state index is 12.2. The van der Waals surface area contributed by atoms with E-state index in [2.05, 4.69) is 4.98 Å². The van der Waals surface area contributed by atoms with Crippen molar-refractivity contribution < 1.29 is 18.7 Å². The predicted molar refractivity (Wildman–Crippen MR) is 125 cm³/mol. The molecule has 32 heavy (non-hydrogen) atoms. The zero-order valence-corrected chi connectivity index (χ0v) is 18.9. The van der Waals surface area contributed by atoms with Crippen LogP contribution < -0.4 is 4.74 Å². The van der Waals surface area contributed by atoms with E-state index in [1.54, 1.807) is 11.3 Å². The number of ether oxygens (including phenoxy) is 2. The second kappa shape index (κ2) is 10.3. The van der Waals surface area contributed by atoms with Gasteiger partial charge in [-0.15, -0.1) is 11.3 Å². The molecule has 0 aliphatic rings. The molecular weight excluding hydrogens is 422 g/mol. The van der Waals surface area contributed by atoms with Crippen molar-refractivity contribution in [2.24, 2.45) is 0 Å². The molecule has 2 heterocycles. The van der Waals surface area contributed by atoms with E-state index in [9.17, 15) is 4.79 Å². The molecule has 0 saturated heterocycles. The molecule has 1 atom stereocenters. The SMILES string of the molecule is COC(=O)C(Cc1ccc(OCCc2nc(-c3ccccc3)oc2C)cc1)c1cccs1. The summed E-state index contributed by atoms with van der Waals surface area (Å²) < 4.78 is 16.7. The quantitative estimate of drug-likeness (QED) is 0.302. The van der Waals surface area contributed by atoms with Crippen molar-refractivity contribution in [1.82, 2.24) is 4.98 Å². The number of rotatable bonds is 9. The minimum Gasteiger partial charge on any atom is -0.493 e. The molecule has 0 amide bonds. The van der Waals surface area contributed by atoms with Crippen molar-refractivity contribution in [3.8, 4) is 17.2 Å². The van der Waals surface area contributed by atoms with Crippen LogP contribution in [0.5, 0.6) is 5.75 Å². The van der Waals surface area contributed by atoms with Crippen LogP contribution in [0.1, 0.15) is 27.8 Å². The lowest BCUT2D eigenvalue weighted by Crippen LogP contribution is -2.15. The number of thiophene rings is 1. The first kappa shape index (κ1) is 21.8. The molecule has 2 aromatic heterocycles. The predicted octanol–water partition coefficient (Wildman–Crippen LogP) is 5.83. The fourth-order valence-electron chi connectivity index (χ4n) is 3.52. The molecule has 4 aromatic rings. The van der Waals surface area contributed by atoms with Gasteiger partial charge in [0, 0.05) is 16.9 Å². The lowest BCUT2D eigenvalue weighted by molar-refractivity contribution is -0.142. The van der Waals surface area contributed by atoms with Crippen LogP contribution >= 0.6 is 11.3 Å². The number of methoxy groups -OCH3 is 1. The molecule has 5 nitrogen and oxygen atoms in total. The van der Waals surface area contributed by atoms with Crippen LogP contribution in [0.4, 0.5) is 0 Å². The van der Waals surface area contributed by atoms with Gasteiger partial charge in [0.1, 0.15) is 11.5 Å². The van der Waals surface area contributed by atoms with Crippen molar-refractivity contribution in [3.05, 3.63) is 94.0 Å². The Morgan fingerprint density at radius 3 is 2.53 bits per heavy atom. The fourth-order valence-corrected chi connectivity index (χ4v) is 4.33. The topological polar surface area (TPSA) is 61.6 Å². The molecule has 0 spiro atoms. The molecule has 164 valence electrons. The van der Waals surface area contributed by atoms with E-state index in [0.717, 1.165) is 33.2 Å². The van der Waals surface area contributed by atoms with Crippen LogP contribution in [0.2, 0.25) is 0 Å². The summed E-state index contributed by atoms with van der Waals surface area (Å²) in [6.07, 6.45) is 1.25. The average molecular weight is 448 g/mol. The van der Waals surface area contributed by atoms with E-state index >= 15 is 0 Å². The molecule has 0 saturated carbocycles. The Balaban J connectivity index is 1.33. The van der Waals surface area contributed by atoms with Crippen molar-refractivity contribution in [2.75, 3.05) is 13.7 Å². The number of aromatic nitrogens is 1. The first-order valence-electron chi connectivity index (χ1n) is 10.5. The Kier molecular flexibility index (Phi) is 7.02. The largest absolute Gasteiger partial charge is 0.493 e. The standard InChI is InChI=1S/C26H25NO4S/c1-18-23(27-25(31-18)20-7-4-3-5-8-20)14-15-30-21-12-10-19(11-13-21)17-22(26(28)29-2)24-9-6-16-32-24/h3-13,16,22H,14-15,17H2,1-2H3. The summed E-state index contributed by atoms with van der Waals surface area (Å²) in [5, 5.41) is 1.97. The normalized spacial score (nSPS) is 11.8. The Morgan fingerprint density at radius 2 is 1.84 bits per heavy atom. The van der Waals surface area contributed by atoms with Crippen molar-refractivity contribution in [2.45, 2.75) is 25.7 Å². The number of carbonyl (C=O) groups is 1. The highest BCUT2D eigenvalue weighted by Gasteiger charge is 2.22. The molecule has 0 radical (unpaired) electrons. The number of hydrogen-bond donors (Lipinski definition) is 0. The molecule has 0 fully saturated rings. The molecule has 0 aliphatic carbocycles. The van der Waals surface area contributed by atoms with Crippen LogP contribution in [0.25, 0.3) is 11.5 Å². The molecule has 6 heteroatoms. The average Bonchev–Trinajstić information content (AvgIpc) is 3.49. The van der Waals surface area contributed by atoms with Gasteiger partial charge in [0.05, 0.1) is 25.3 Å². The Morgan fingerprint density at radius 1 is 1.06 bits per heavy atom. The third-order valence-electron chi connectivity index (χ3n) is 5.26. The van der Waals surface area contributed by atoms with Gasteiger partial charge in [-0.1, -0.05) is 36.4 Å². The second-order valence-corrected chi connectivity index (χ2v) is 8.40. The summed E-state index contributed by atoms with van der Waals surface area (Å²) in [6, 6.07) is 21.6. The molecule has 4 rings (SSSR count). The summed E-state index contributed by atoms with van der Waals surface area (Å²) >= 11 is 1.57. The van der Waals surface area contributed by atoms with Crippen molar-refractivity contribution in [1.29, 1.82) is 0 Å². The highest BCUT2D eigenvalue weighted by atomic mass is 32.1. The molecular formula is C26H25NO4S. The van der Waals surface area contributed by atoms with Gasteiger partial charge in [-0.25, -0.2) is 4.98 Å². The third-order valence-corrected chi connectivity index (χ3v) is 6.24. The minimum atomic E-state index is -0.291. The van der Waals surface area contributed by atoms with E-state index in [4.69, 9.17) is 13.9 Å². The summed E-state index contributed by atoms with van der Waals surface area (Å²) in [7, 11) is 1.43. The van der Waals surface area contributed by atoms with E-state index < -0.39 is 0 Å². The van der Waals surface area contributed by atoms with Gasteiger partial charge in [0.25, 0.3) is 0 Å². The van der Waals surface area contributed by atoms with Gasteiger partial charge >= 0.3 is 5.97 Å². The zero-order valence-electron chi connectivity index (χ0n) is 18.1. The smallest absolute Gasteiger partial charge is 0.314 e. The Labute approximate surface area is 191 Å². The molecule has 0 N–H and O–H groups in total. The van der Waals surface area contributed by atoms with Crippen LogP contribution in [0, 0.1) is 6.92 Å². The lowest BCUT2D eigenvalue weighted by atomic mass is 9.98. The van der Waals surface area contributed by atoms with Gasteiger partial charge in [-0.3, -0.25) is 4.79 Å². The van der Waals surface area contributed by atoms with Crippen molar-refractivity contribution in [3.63, 3.8) is 0 Å². The highest BCUT2D eigenvalue weighted by molar-refractivity contribution is 7.10. The van der Waals surface area contributed by atoms with Gasteiger partial charge in [0.15, 0.2) is 0 Å². The second-order valence-electron chi connectivity index (χ2n) is 7.43. The molecule has 2 aromatic carbocycles. The maximum Gasteiger partial charge on any atom is 0.314 e. The van der Waals surface area contributed by atoms with E-state index in [0.29, 0.717) is 25.3 Å². The summed E-state index contributed by atoms with van der Waals surface area (Å²) in [5.74, 6) is 1.72. The van der Waals surface area contributed by atoms with Gasteiger partial charge in [-0.2, -0.15) is 0 Å². The van der Waals surface area contributed by atoms with Crippen LogP contribution in [0.3, 0.4) is 0 Å².